The molecule has 3 aromatic carbocycles. The molecule has 1 N–H and O–H groups in total. The molecule has 4 heteroatoms. The fraction of sp³-hybridized carbons (Fsp3) is 0.182. The first-order chi connectivity index (χ1) is 12.7. The maximum atomic E-state index is 6.19. The van der Waals surface area contributed by atoms with Gasteiger partial charge in [-0.05, 0) is 53.9 Å². The van der Waals surface area contributed by atoms with Crippen molar-refractivity contribution in [1.82, 2.24) is 0 Å². The van der Waals surface area contributed by atoms with Gasteiger partial charge in [0.15, 0.2) is 0 Å². The van der Waals surface area contributed by atoms with Crippen molar-refractivity contribution in [3.05, 3.63) is 93.5 Å². The molecule has 3 aromatic rings. The molecule has 0 amide bonds. The normalized spacial score (nSPS) is 10.6. The summed E-state index contributed by atoms with van der Waals surface area (Å²) in [6.07, 6.45) is 0.983. The lowest BCUT2D eigenvalue weighted by molar-refractivity contribution is 0.303. The summed E-state index contributed by atoms with van der Waals surface area (Å²) in [4.78, 5) is 0. The van der Waals surface area contributed by atoms with Crippen LogP contribution in [0.15, 0.2) is 66.7 Å². The van der Waals surface area contributed by atoms with E-state index >= 15 is 0 Å². The van der Waals surface area contributed by atoms with E-state index < -0.39 is 0 Å². The van der Waals surface area contributed by atoms with E-state index in [9.17, 15) is 0 Å². The third-order valence-corrected chi connectivity index (χ3v) is 4.64. The van der Waals surface area contributed by atoms with E-state index in [1.54, 1.807) is 0 Å². The van der Waals surface area contributed by atoms with Crippen molar-refractivity contribution in [1.29, 1.82) is 0 Å². The van der Waals surface area contributed by atoms with Crippen molar-refractivity contribution in [2.75, 3.05) is 5.32 Å². The Morgan fingerprint density at radius 2 is 1.65 bits per heavy atom. The van der Waals surface area contributed by atoms with Gasteiger partial charge in [-0.1, -0.05) is 60.5 Å². The molecule has 0 atom stereocenters. The molecule has 0 saturated carbocycles. The SMILES string of the molecule is CCc1ccccc1NCc1cc(Cl)ccc1OCc1cccc(Cl)c1. The van der Waals surface area contributed by atoms with Gasteiger partial charge in [-0.15, -0.1) is 0 Å². The Morgan fingerprint density at radius 1 is 0.846 bits per heavy atom. The second-order valence-electron chi connectivity index (χ2n) is 6.03. The standard InChI is InChI=1S/C22H21Cl2NO/c1-2-17-7-3-4-9-21(17)25-14-18-13-20(24)10-11-22(18)26-15-16-6-5-8-19(23)12-16/h3-13,25H,2,14-15H2,1H3. The smallest absolute Gasteiger partial charge is 0.124 e. The first-order valence-electron chi connectivity index (χ1n) is 8.63. The van der Waals surface area contributed by atoms with Crippen molar-refractivity contribution < 1.29 is 4.74 Å². The van der Waals surface area contributed by atoms with Gasteiger partial charge in [0.1, 0.15) is 12.4 Å². The van der Waals surface area contributed by atoms with E-state index in [1.165, 1.54) is 5.56 Å². The minimum Gasteiger partial charge on any atom is -0.489 e. The fourth-order valence-corrected chi connectivity index (χ4v) is 3.21. The molecule has 0 heterocycles. The molecule has 0 saturated heterocycles. The summed E-state index contributed by atoms with van der Waals surface area (Å²) in [5.74, 6) is 0.816. The van der Waals surface area contributed by atoms with E-state index in [0.29, 0.717) is 23.2 Å². The molecule has 134 valence electrons. The Morgan fingerprint density at radius 3 is 2.46 bits per heavy atom. The zero-order chi connectivity index (χ0) is 18.4. The Balaban J connectivity index is 1.73. The molecule has 3 rings (SSSR count). The Bertz CT molecular complexity index is 880. The first kappa shape index (κ1) is 18.6. The molecule has 2 nitrogen and oxygen atoms in total. The average molecular weight is 386 g/mol. The molecule has 0 aliphatic rings. The van der Waals surface area contributed by atoms with Crippen molar-refractivity contribution in [3.63, 3.8) is 0 Å². The number of hydrogen-bond acceptors (Lipinski definition) is 2. The van der Waals surface area contributed by atoms with Gasteiger partial charge < -0.3 is 10.1 Å². The number of rotatable bonds is 7. The van der Waals surface area contributed by atoms with Crippen LogP contribution >= 0.6 is 23.2 Å². The summed E-state index contributed by atoms with van der Waals surface area (Å²) in [6.45, 7) is 3.25. The summed E-state index contributed by atoms with van der Waals surface area (Å²) in [5.41, 5.74) is 4.47. The molecular weight excluding hydrogens is 365 g/mol. The summed E-state index contributed by atoms with van der Waals surface area (Å²) >= 11 is 12.2. The zero-order valence-corrected chi connectivity index (χ0v) is 16.1. The lowest BCUT2D eigenvalue weighted by atomic mass is 10.1. The third kappa shape index (κ3) is 4.94. The van der Waals surface area contributed by atoms with E-state index in [0.717, 1.165) is 29.0 Å². The summed E-state index contributed by atoms with van der Waals surface area (Å²) in [5, 5.41) is 4.90. The number of anilines is 1. The van der Waals surface area contributed by atoms with E-state index in [4.69, 9.17) is 27.9 Å². The van der Waals surface area contributed by atoms with Crippen LogP contribution < -0.4 is 10.1 Å². The lowest BCUT2D eigenvalue weighted by Gasteiger charge is -2.15. The van der Waals surface area contributed by atoms with E-state index in [-0.39, 0.29) is 0 Å². The summed E-state index contributed by atoms with van der Waals surface area (Å²) in [7, 11) is 0. The van der Waals surface area contributed by atoms with Crippen LogP contribution in [0.1, 0.15) is 23.6 Å². The van der Waals surface area contributed by atoms with Gasteiger partial charge in [-0.2, -0.15) is 0 Å². The first-order valence-corrected chi connectivity index (χ1v) is 9.38. The predicted molar refractivity (Wildman–Crippen MR) is 110 cm³/mol. The number of benzene rings is 3. The minimum atomic E-state index is 0.459. The van der Waals surface area contributed by atoms with Crippen LogP contribution in [0.25, 0.3) is 0 Å². The van der Waals surface area contributed by atoms with Crippen LogP contribution in [0.3, 0.4) is 0 Å². The molecular formula is C22H21Cl2NO. The Labute approximate surface area is 164 Å². The molecule has 0 fully saturated rings. The second-order valence-corrected chi connectivity index (χ2v) is 6.91. The van der Waals surface area contributed by atoms with Crippen LogP contribution in [-0.4, -0.2) is 0 Å². The molecule has 0 radical (unpaired) electrons. The molecule has 0 aliphatic heterocycles. The van der Waals surface area contributed by atoms with Crippen LogP contribution in [0, 0.1) is 0 Å². The fourth-order valence-electron chi connectivity index (χ4n) is 2.81. The van der Waals surface area contributed by atoms with Gasteiger partial charge in [0, 0.05) is 27.8 Å². The predicted octanol–water partition coefficient (Wildman–Crippen LogP) is 6.75. The summed E-state index contributed by atoms with van der Waals surface area (Å²) in [6, 6.07) is 21.7. The van der Waals surface area contributed by atoms with E-state index in [2.05, 4.69) is 30.4 Å². The third-order valence-electron chi connectivity index (χ3n) is 4.17. The van der Waals surface area contributed by atoms with Crippen LogP contribution in [0.4, 0.5) is 5.69 Å². The number of nitrogens with one attached hydrogen (secondary N) is 1. The second kappa shape index (κ2) is 8.98. The monoisotopic (exact) mass is 385 g/mol. The average Bonchev–Trinajstić information content (AvgIpc) is 2.66. The van der Waals surface area contributed by atoms with Crippen LogP contribution in [0.5, 0.6) is 5.75 Å². The number of halogens is 2. The molecule has 0 bridgehead atoms. The van der Waals surface area contributed by atoms with Gasteiger partial charge in [0.25, 0.3) is 0 Å². The van der Waals surface area contributed by atoms with Gasteiger partial charge in [0.05, 0.1) is 0 Å². The largest absolute Gasteiger partial charge is 0.489 e. The Kier molecular flexibility index (Phi) is 6.43. The quantitative estimate of drug-likeness (QED) is 0.485. The molecule has 0 spiro atoms. The van der Waals surface area contributed by atoms with Crippen LogP contribution in [-0.2, 0) is 19.6 Å². The van der Waals surface area contributed by atoms with Crippen molar-refractivity contribution >= 4 is 28.9 Å². The highest BCUT2D eigenvalue weighted by molar-refractivity contribution is 6.30. The van der Waals surface area contributed by atoms with Crippen molar-refractivity contribution in [2.24, 2.45) is 0 Å². The van der Waals surface area contributed by atoms with Crippen molar-refractivity contribution in [2.45, 2.75) is 26.5 Å². The maximum absolute atomic E-state index is 6.19. The summed E-state index contributed by atoms with van der Waals surface area (Å²) < 4.78 is 6.02. The number of hydrogen-bond donors (Lipinski definition) is 1. The van der Waals surface area contributed by atoms with Gasteiger partial charge in [0.2, 0.25) is 0 Å². The molecule has 0 unspecified atom stereocenters. The van der Waals surface area contributed by atoms with Crippen LogP contribution in [0.2, 0.25) is 10.0 Å². The van der Waals surface area contributed by atoms with Gasteiger partial charge in [-0.3, -0.25) is 0 Å². The number of ether oxygens (including phenoxy) is 1. The van der Waals surface area contributed by atoms with E-state index in [1.807, 2.05) is 48.5 Å². The maximum Gasteiger partial charge on any atom is 0.124 e. The number of aryl methyl sites for hydroxylation is 1. The minimum absolute atomic E-state index is 0.459. The molecule has 0 aliphatic carbocycles. The lowest BCUT2D eigenvalue weighted by Crippen LogP contribution is -2.05. The highest BCUT2D eigenvalue weighted by atomic mass is 35.5. The van der Waals surface area contributed by atoms with Gasteiger partial charge >= 0.3 is 0 Å². The highest BCUT2D eigenvalue weighted by Gasteiger charge is 2.07. The molecule has 26 heavy (non-hydrogen) atoms. The zero-order valence-electron chi connectivity index (χ0n) is 14.6. The Hall–Kier alpha value is -2.16. The molecule has 0 aromatic heterocycles. The topological polar surface area (TPSA) is 21.3 Å². The van der Waals surface area contributed by atoms with Crippen molar-refractivity contribution in [3.8, 4) is 5.75 Å². The van der Waals surface area contributed by atoms with Gasteiger partial charge in [-0.25, -0.2) is 0 Å². The highest BCUT2D eigenvalue weighted by Crippen LogP contribution is 2.26. The number of para-hydroxylation sites is 1.